The zero-order valence-electron chi connectivity index (χ0n) is 20.5. The molecule has 3 amide bonds. The molecule has 9 heteroatoms. The zero-order chi connectivity index (χ0) is 24.5. The maximum absolute atomic E-state index is 12.9. The number of carbonyl (C=O) groups is 2. The molecule has 0 saturated carbocycles. The fraction of sp³-hybridized carbons (Fsp3) is 0.423. The van der Waals surface area contributed by atoms with Gasteiger partial charge in [0.15, 0.2) is 12.2 Å². The molecule has 2 unspecified atom stereocenters. The zero-order valence-corrected chi connectivity index (χ0v) is 20.5. The van der Waals surface area contributed by atoms with Crippen molar-refractivity contribution < 1.29 is 14.3 Å². The minimum atomic E-state index is -0.519. The number of nitrogens with zero attached hydrogens (tertiary/aromatic N) is 5. The number of amides is 3. The number of carbonyl (C=O) groups excluding carboxylic acids is 2. The largest absolute Gasteiger partial charge is 0.497 e. The Kier molecular flexibility index (Phi) is 6.34. The van der Waals surface area contributed by atoms with Gasteiger partial charge in [-0.3, -0.25) is 15.0 Å². The highest BCUT2D eigenvalue weighted by molar-refractivity contribution is 6.04. The summed E-state index contributed by atoms with van der Waals surface area (Å²) in [6, 6.07) is 15.6. The van der Waals surface area contributed by atoms with E-state index in [1.807, 2.05) is 12.1 Å². The van der Waals surface area contributed by atoms with Gasteiger partial charge in [-0.1, -0.05) is 29.8 Å². The molecule has 1 N–H and O–H groups in total. The minimum Gasteiger partial charge on any atom is -0.497 e. The number of nitrogens with one attached hydrogen (secondary N) is 1. The number of amidine groups is 1. The highest BCUT2D eigenvalue weighted by atomic mass is 16.5. The van der Waals surface area contributed by atoms with Crippen LogP contribution >= 0.6 is 0 Å². The number of piperazine rings is 1. The summed E-state index contributed by atoms with van der Waals surface area (Å²) in [7, 11) is 3.37. The number of hydrogen-bond donors (Lipinski definition) is 1. The molecular weight excluding hydrogens is 444 g/mol. The number of hydrogen-bond acceptors (Lipinski definition) is 7. The van der Waals surface area contributed by atoms with Crippen molar-refractivity contribution in [3.05, 3.63) is 59.7 Å². The van der Waals surface area contributed by atoms with E-state index < -0.39 is 18.2 Å². The maximum atomic E-state index is 12.9. The molecule has 2 aromatic rings. The number of fused-ring (bicyclic) bond motifs is 1. The molecule has 2 fully saturated rings. The van der Waals surface area contributed by atoms with Crippen LogP contribution in [0.1, 0.15) is 11.1 Å². The van der Waals surface area contributed by atoms with Gasteiger partial charge < -0.3 is 19.4 Å². The summed E-state index contributed by atoms with van der Waals surface area (Å²) in [6.45, 7) is 6.86. The average Bonchev–Trinajstić information content (AvgIpc) is 3.23. The lowest BCUT2D eigenvalue weighted by Crippen LogP contribution is -2.63. The summed E-state index contributed by atoms with van der Waals surface area (Å²) >= 11 is 0. The van der Waals surface area contributed by atoms with Crippen LogP contribution < -0.4 is 15.0 Å². The van der Waals surface area contributed by atoms with E-state index in [4.69, 9.17) is 9.73 Å². The first-order valence-corrected chi connectivity index (χ1v) is 12.0. The maximum Gasteiger partial charge on any atom is 0.325 e. The second kappa shape index (κ2) is 9.58. The van der Waals surface area contributed by atoms with Crippen molar-refractivity contribution in [1.29, 1.82) is 0 Å². The smallest absolute Gasteiger partial charge is 0.325 e. The Bertz CT molecular complexity index is 1110. The number of benzene rings is 2. The van der Waals surface area contributed by atoms with E-state index in [2.05, 4.69) is 63.3 Å². The molecular formula is C26H32N6O3. The highest BCUT2D eigenvalue weighted by Crippen LogP contribution is 2.27. The van der Waals surface area contributed by atoms with E-state index in [1.54, 1.807) is 14.2 Å². The number of rotatable bonds is 6. The van der Waals surface area contributed by atoms with Gasteiger partial charge in [-0.05, 0) is 36.8 Å². The molecule has 35 heavy (non-hydrogen) atoms. The van der Waals surface area contributed by atoms with Gasteiger partial charge in [0.1, 0.15) is 11.6 Å². The van der Waals surface area contributed by atoms with Gasteiger partial charge in [0.05, 0.1) is 13.7 Å². The predicted octanol–water partition coefficient (Wildman–Crippen LogP) is 1.92. The van der Waals surface area contributed by atoms with Crippen molar-refractivity contribution in [2.24, 2.45) is 4.99 Å². The molecule has 2 saturated heterocycles. The van der Waals surface area contributed by atoms with Crippen LogP contribution in [0.5, 0.6) is 5.75 Å². The van der Waals surface area contributed by atoms with Crippen molar-refractivity contribution in [2.45, 2.75) is 25.7 Å². The first-order chi connectivity index (χ1) is 16.9. The van der Waals surface area contributed by atoms with E-state index in [1.165, 1.54) is 16.2 Å². The summed E-state index contributed by atoms with van der Waals surface area (Å²) < 4.78 is 5.27. The van der Waals surface area contributed by atoms with Crippen LogP contribution in [0.25, 0.3) is 0 Å². The Morgan fingerprint density at radius 2 is 1.66 bits per heavy atom. The van der Waals surface area contributed by atoms with Crippen molar-refractivity contribution in [2.75, 3.05) is 51.8 Å². The first kappa shape index (κ1) is 23.2. The number of methoxy groups -OCH3 is 1. The number of likely N-dealkylation sites (N-methyl/N-ethyl adjacent to an activating group) is 1. The highest BCUT2D eigenvalue weighted by Gasteiger charge is 2.48. The number of aliphatic imine (C=N–C) groups is 1. The van der Waals surface area contributed by atoms with Crippen molar-refractivity contribution >= 4 is 23.5 Å². The van der Waals surface area contributed by atoms with Gasteiger partial charge >= 0.3 is 6.03 Å². The standard InChI is InChI=1S/C26H32N6O3/c1-18-4-6-19(7-5-18)16-32-22(27-24-23(32)25(33)28-26(34)29(24)2)17-30-12-14-31(15-13-30)20-8-10-21(35-3)11-9-20/h4-11,23-24H,12-17H2,1-3H3,(H,28,33,34). The van der Waals surface area contributed by atoms with E-state index in [0.29, 0.717) is 13.1 Å². The quantitative estimate of drug-likeness (QED) is 0.686. The second-order valence-electron chi connectivity index (χ2n) is 9.38. The Morgan fingerprint density at radius 1 is 0.971 bits per heavy atom. The third-order valence-corrected chi connectivity index (χ3v) is 7.10. The van der Waals surface area contributed by atoms with Crippen LogP contribution in [-0.4, -0.2) is 91.6 Å². The fourth-order valence-corrected chi connectivity index (χ4v) is 4.95. The Hall–Kier alpha value is -3.59. The van der Waals surface area contributed by atoms with Crippen LogP contribution in [-0.2, 0) is 11.3 Å². The normalized spacial score (nSPS) is 22.7. The lowest BCUT2D eigenvalue weighted by Gasteiger charge is -2.38. The van der Waals surface area contributed by atoms with Crippen LogP contribution in [0.15, 0.2) is 53.5 Å². The van der Waals surface area contributed by atoms with E-state index >= 15 is 0 Å². The molecule has 3 aliphatic heterocycles. The SMILES string of the molecule is COc1ccc(N2CCN(CC3=NC4C(C(=O)NC(=O)N4C)N3Cc3ccc(C)cc3)CC2)cc1. The molecule has 0 spiro atoms. The minimum absolute atomic E-state index is 0.284. The Labute approximate surface area is 206 Å². The van der Waals surface area contributed by atoms with E-state index in [0.717, 1.165) is 43.3 Å². The topological polar surface area (TPSA) is 80.7 Å². The fourth-order valence-electron chi connectivity index (χ4n) is 4.95. The van der Waals surface area contributed by atoms with Crippen LogP contribution in [0, 0.1) is 6.92 Å². The molecule has 184 valence electrons. The molecule has 0 aliphatic carbocycles. The molecule has 0 radical (unpaired) electrons. The third kappa shape index (κ3) is 4.68. The Balaban J connectivity index is 1.30. The summed E-state index contributed by atoms with van der Waals surface area (Å²) in [5, 5.41) is 2.49. The number of imide groups is 1. The van der Waals surface area contributed by atoms with Crippen molar-refractivity contribution in [3.8, 4) is 5.75 Å². The van der Waals surface area contributed by atoms with Crippen molar-refractivity contribution in [1.82, 2.24) is 20.0 Å². The van der Waals surface area contributed by atoms with E-state index in [-0.39, 0.29) is 5.91 Å². The second-order valence-corrected chi connectivity index (χ2v) is 9.38. The van der Waals surface area contributed by atoms with Gasteiger partial charge in [-0.25, -0.2) is 9.79 Å². The van der Waals surface area contributed by atoms with Crippen LogP contribution in [0.4, 0.5) is 10.5 Å². The predicted molar refractivity (Wildman–Crippen MR) is 135 cm³/mol. The monoisotopic (exact) mass is 476 g/mol. The lowest BCUT2D eigenvalue weighted by atomic mass is 10.1. The van der Waals surface area contributed by atoms with Crippen LogP contribution in [0.2, 0.25) is 0 Å². The molecule has 0 bridgehead atoms. The molecule has 3 heterocycles. The van der Waals surface area contributed by atoms with Gasteiger partial charge in [-0.2, -0.15) is 0 Å². The van der Waals surface area contributed by atoms with Gasteiger partial charge in [0.2, 0.25) is 0 Å². The average molecular weight is 477 g/mol. The summed E-state index contributed by atoms with van der Waals surface area (Å²) in [5.74, 6) is 1.43. The molecule has 3 aliphatic rings. The van der Waals surface area contributed by atoms with Gasteiger partial charge in [-0.15, -0.1) is 0 Å². The molecule has 9 nitrogen and oxygen atoms in total. The summed E-state index contributed by atoms with van der Waals surface area (Å²) in [6.07, 6.45) is -0.503. The molecule has 2 aromatic carbocycles. The van der Waals surface area contributed by atoms with Crippen molar-refractivity contribution in [3.63, 3.8) is 0 Å². The summed E-state index contributed by atoms with van der Waals surface area (Å²) in [5.41, 5.74) is 3.49. The number of anilines is 1. The van der Waals surface area contributed by atoms with Gasteiger partial charge in [0.25, 0.3) is 5.91 Å². The Morgan fingerprint density at radius 3 is 2.31 bits per heavy atom. The number of aryl methyl sites for hydroxylation is 1. The number of urea groups is 1. The molecule has 5 rings (SSSR count). The first-order valence-electron chi connectivity index (χ1n) is 12.0. The number of ether oxygens (including phenoxy) is 1. The summed E-state index contributed by atoms with van der Waals surface area (Å²) in [4.78, 5) is 38.3. The molecule has 2 atom stereocenters. The van der Waals surface area contributed by atoms with Gasteiger partial charge in [0, 0.05) is 45.5 Å². The van der Waals surface area contributed by atoms with E-state index in [9.17, 15) is 9.59 Å². The molecule has 0 aromatic heterocycles. The lowest BCUT2D eigenvalue weighted by molar-refractivity contribution is -0.127. The third-order valence-electron chi connectivity index (χ3n) is 7.10. The van der Waals surface area contributed by atoms with Crippen LogP contribution in [0.3, 0.4) is 0 Å².